The van der Waals surface area contributed by atoms with Crippen LogP contribution in [0.2, 0.25) is 0 Å². The second-order valence-electron chi connectivity index (χ2n) is 4.26. The molecule has 2 aromatic rings. The number of phenols is 4. The van der Waals surface area contributed by atoms with Crippen LogP contribution in [0.3, 0.4) is 0 Å². The van der Waals surface area contributed by atoms with E-state index in [1.807, 2.05) is 0 Å². The zero-order valence-electron chi connectivity index (χ0n) is 10.6. The maximum atomic E-state index is 11.9. The molecule has 0 aliphatic carbocycles. The van der Waals surface area contributed by atoms with E-state index in [1.54, 1.807) is 0 Å². The summed E-state index contributed by atoms with van der Waals surface area (Å²) < 4.78 is 0.510. The Kier molecular flexibility index (Phi) is 4.18. The van der Waals surface area contributed by atoms with E-state index >= 15 is 0 Å². The monoisotopic (exact) mass is 350 g/mol. The van der Waals surface area contributed by atoms with Gasteiger partial charge in [0.1, 0.15) is 0 Å². The van der Waals surface area contributed by atoms with Crippen molar-refractivity contribution in [2.75, 3.05) is 0 Å². The molecule has 0 aliphatic rings. The Hall–Kier alpha value is -2.47. The van der Waals surface area contributed by atoms with Crippen LogP contribution < -0.4 is 0 Å². The summed E-state index contributed by atoms with van der Waals surface area (Å²) in [4.78, 5) is 11.9. The molecule has 0 aliphatic heterocycles. The van der Waals surface area contributed by atoms with Crippen molar-refractivity contribution in [3.63, 3.8) is 0 Å². The van der Waals surface area contributed by atoms with E-state index in [-0.39, 0.29) is 34.3 Å². The quantitative estimate of drug-likeness (QED) is 0.387. The molecule has 5 nitrogen and oxygen atoms in total. The van der Waals surface area contributed by atoms with Crippen LogP contribution in [0.5, 0.6) is 23.0 Å². The van der Waals surface area contributed by atoms with Gasteiger partial charge in [-0.25, -0.2) is 0 Å². The van der Waals surface area contributed by atoms with Crippen LogP contribution in [-0.2, 0) is 0 Å². The first-order valence-electron chi connectivity index (χ1n) is 5.84. The van der Waals surface area contributed by atoms with Gasteiger partial charge in [0, 0.05) is 10.0 Å². The smallest absolute Gasteiger partial charge is 0.185 e. The zero-order chi connectivity index (χ0) is 15.6. The Morgan fingerprint density at radius 1 is 0.905 bits per heavy atom. The van der Waals surface area contributed by atoms with Gasteiger partial charge in [0.25, 0.3) is 0 Å². The SMILES string of the molecule is O=C(/C=C/c1cc(O)c(O)cc1Br)c1ccc(O)c(O)c1. The number of hydrogen-bond donors (Lipinski definition) is 4. The van der Waals surface area contributed by atoms with Gasteiger partial charge in [-0.1, -0.05) is 15.9 Å². The van der Waals surface area contributed by atoms with Crippen molar-refractivity contribution in [3.05, 3.63) is 52.0 Å². The molecule has 0 amide bonds. The van der Waals surface area contributed by atoms with Crippen LogP contribution in [-0.4, -0.2) is 26.2 Å². The number of aromatic hydroxyl groups is 4. The summed E-state index contributed by atoms with van der Waals surface area (Å²) in [6.45, 7) is 0. The van der Waals surface area contributed by atoms with Crippen LogP contribution in [0, 0.1) is 0 Å². The first kappa shape index (κ1) is 14.9. The van der Waals surface area contributed by atoms with Crippen LogP contribution >= 0.6 is 15.9 Å². The van der Waals surface area contributed by atoms with Gasteiger partial charge in [0.05, 0.1) is 0 Å². The molecule has 4 N–H and O–H groups in total. The second kappa shape index (κ2) is 5.88. The molecule has 6 heteroatoms. The van der Waals surface area contributed by atoms with Gasteiger partial charge in [-0.3, -0.25) is 4.79 Å². The number of benzene rings is 2. The number of hydrogen-bond acceptors (Lipinski definition) is 5. The summed E-state index contributed by atoms with van der Waals surface area (Å²) in [7, 11) is 0. The Labute approximate surface area is 128 Å². The number of carbonyl (C=O) groups excluding carboxylic acids is 1. The highest BCUT2D eigenvalue weighted by atomic mass is 79.9. The molecule has 2 aromatic carbocycles. The zero-order valence-corrected chi connectivity index (χ0v) is 12.2. The van der Waals surface area contributed by atoms with Crippen LogP contribution in [0.4, 0.5) is 0 Å². The lowest BCUT2D eigenvalue weighted by Gasteiger charge is -2.03. The van der Waals surface area contributed by atoms with Crippen LogP contribution in [0.25, 0.3) is 6.08 Å². The highest BCUT2D eigenvalue weighted by Crippen LogP contribution is 2.32. The first-order chi connectivity index (χ1) is 9.88. The molecule has 0 saturated heterocycles. The van der Waals surface area contributed by atoms with E-state index in [4.69, 9.17) is 0 Å². The predicted octanol–water partition coefficient (Wildman–Crippen LogP) is 3.17. The van der Waals surface area contributed by atoms with Crippen molar-refractivity contribution in [1.29, 1.82) is 0 Å². The van der Waals surface area contributed by atoms with Crippen molar-refractivity contribution >= 4 is 27.8 Å². The summed E-state index contributed by atoms with van der Waals surface area (Å²) >= 11 is 3.20. The van der Waals surface area contributed by atoms with Crippen molar-refractivity contribution in [1.82, 2.24) is 0 Å². The molecular weight excluding hydrogens is 340 g/mol. The van der Waals surface area contributed by atoms with Crippen LogP contribution in [0.1, 0.15) is 15.9 Å². The van der Waals surface area contributed by atoms with Gasteiger partial charge in [-0.05, 0) is 48.0 Å². The fraction of sp³-hybridized carbons (Fsp3) is 0. The van der Waals surface area contributed by atoms with E-state index in [2.05, 4.69) is 15.9 Å². The summed E-state index contributed by atoms with van der Waals surface area (Å²) in [6.07, 6.45) is 2.71. The van der Waals surface area contributed by atoms with Gasteiger partial charge < -0.3 is 20.4 Å². The Bertz CT molecular complexity index is 737. The largest absolute Gasteiger partial charge is 0.504 e. The minimum absolute atomic E-state index is 0.209. The number of carbonyl (C=O) groups is 1. The normalized spacial score (nSPS) is 10.9. The van der Waals surface area contributed by atoms with Gasteiger partial charge in [0.15, 0.2) is 28.8 Å². The van der Waals surface area contributed by atoms with Gasteiger partial charge in [-0.15, -0.1) is 0 Å². The molecule has 0 heterocycles. The van der Waals surface area contributed by atoms with Gasteiger partial charge in [-0.2, -0.15) is 0 Å². The predicted molar refractivity (Wildman–Crippen MR) is 80.6 cm³/mol. The average Bonchev–Trinajstić information content (AvgIpc) is 2.44. The molecule has 0 atom stereocenters. The summed E-state index contributed by atoms with van der Waals surface area (Å²) in [6, 6.07) is 6.37. The van der Waals surface area contributed by atoms with E-state index < -0.39 is 0 Å². The minimum atomic E-state index is -0.384. The molecule has 0 aromatic heterocycles. The van der Waals surface area contributed by atoms with Crippen LogP contribution in [0.15, 0.2) is 40.9 Å². The lowest BCUT2D eigenvalue weighted by Crippen LogP contribution is -1.93. The highest BCUT2D eigenvalue weighted by molar-refractivity contribution is 9.10. The number of allylic oxidation sites excluding steroid dienone is 1. The van der Waals surface area contributed by atoms with E-state index in [0.29, 0.717) is 10.0 Å². The molecule has 0 radical (unpaired) electrons. The molecular formula is C15H11BrO5. The van der Waals surface area contributed by atoms with E-state index in [0.717, 1.165) is 6.07 Å². The Morgan fingerprint density at radius 3 is 2.19 bits per heavy atom. The third kappa shape index (κ3) is 3.35. The standard InChI is InChI=1S/C15H11BrO5/c16-10-7-15(21)14(20)5-8(10)1-3-11(17)9-2-4-12(18)13(19)6-9/h1-7,18-21H/b3-1+. The molecule has 0 bridgehead atoms. The maximum Gasteiger partial charge on any atom is 0.185 e. The summed E-state index contributed by atoms with van der Waals surface area (Å²) in [5.74, 6) is -1.63. The lowest BCUT2D eigenvalue weighted by atomic mass is 10.1. The molecule has 0 saturated carbocycles. The average molecular weight is 351 g/mol. The fourth-order valence-electron chi connectivity index (χ4n) is 1.63. The van der Waals surface area contributed by atoms with Crippen molar-refractivity contribution in [3.8, 4) is 23.0 Å². The Balaban J connectivity index is 2.26. The second-order valence-corrected chi connectivity index (χ2v) is 5.12. The van der Waals surface area contributed by atoms with Crippen molar-refractivity contribution < 1.29 is 25.2 Å². The molecule has 0 unspecified atom stereocenters. The summed E-state index contributed by atoms with van der Waals surface area (Å²) in [5.41, 5.74) is 0.710. The Morgan fingerprint density at radius 2 is 1.52 bits per heavy atom. The molecule has 0 fully saturated rings. The minimum Gasteiger partial charge on any atom is -0.504 e. The van der Waals surface area contributed by atoms with E-state index in [1.165, 1.54) is 36.4 Å². The lowest BCUT2D eigenvalue weighted by molar-refractivity contribution is 0.104. The first-order valence-corrected chi connectivity index (χ1v) is 6.63. The van der Waals surface area contributed by atoms with Gasteiger partial charge in [0.2, 0.25) is 0 Å². The summed E-state index contributed by atoms with van der Waals surface area (Å²) in [5, 5.41) is 37.3. The molecule has 21 heavy (non-hydrogen) atoms. The van der Waals surface area contributed by atoms with Gasteiger partial charge >= 0.3 is 0 Å². The van der Waals surface area contributed by atoms with E-state index in [9.17, 15) is 25.2 Å². The molecule has 108 valence electrons. The maximum absolute atomic E-state index is 11.9. The topological polar surface area (TPSA) is 98.0 Å². The van der Waals surface area contributed by atoms with Crippen molar-refractivity contribution in [2.24, 2.45) is 0 Å². The number of ketones is 1. The van der Waals surface area contributed by atoms with Crippen molar-refractivity contribution in [2.45, 2.75) is 0 Å². The number of rotatable bonds is 3. The highest BCUT2D eigenvalue weighted by Gasteiger charge is 2.08. The number of halogens is 1. The molecule has 0 spiro atoms. The fourth-order valence-corrected chi connectivity index (χ4v) is 2.10. The third-order valence-electron chi connectivity index (χ3n) is 2.77. The third-order valence-corrected chi connectivity index (χ3v) is 3.45. The molecule has 2 rings (SSSR count). The number of phenolic OH excluding ortho intramolecular Hbond substituents is 4.